The van der Waals surface area contributed by atoms with Crippen molar-refractivity contribution in [1.29, 1.82) is 0 Å². The average molecular weight is 311 g/mol. The van der Waals surface area contributed by atoms with E-state index in [9.17, 15) is 9.50 Å². The zero-order valence-electron chi connectivity index (χ0n) is 13.3. The lowest BCUT2D eigenvalue weighted by atomic mass is 9.96. The van der Waals surface area contributed by atoms with Crippen molar-refractivity contribution < 1.29 is 9.50 Å². The molecule has 0 atom stereocenters. The maximum absolute atomic E-state index is 14.6. The molecule has 1 aromatic carbocycles. The third-order valence-corrected chi connectivity index (χ3v) is 3.90. The number of aliphatic hydroxyl groups is 1. The van der Waals surface area contributed by atoms with Gasteiger partial charge in [-0.2, -0.15) is 0 Å². The van der Waals surface area contributed by atoms with Gasteiger partial charge in [-0.15, -0.1) is 0 Å². The Labute approximate surface area is 133 Å². The summed E-state index contributed by atoms with van der Waals surface area (Å²) in [5.41, 5.74) is 6.40. The van der Waals surface area contributed by atoms with Crippen molar-refractivity contribution in [2.75, 3.05) is 5.73 Å². The molecule has 0 aliphatic carbocycles. The van der Waals surface area contributed by atoms with Gasteiger partial charge in [0.15, 0.2) is 5.82 Å². The zero-order chi connectivity index (χ0) is 16.8. The predicted molar refractivity (Wildman–Crippen MR) is 89.3 cm³/mol. The van der Waals surface area contributed by atoms with E-state index in [0.717, 1.165) is 16.3 Å². The van der Waals surface area contributed by atoms with E-state index >= 15 is 0 Å². The molecule has 0 radical (unpaired) electrons. The number of nitrogens with zero attached hydrogens (tertiary/aromatic N) is 2. The maximum atomic E-state index is 14.6. The van der Waals surface area contributed by atoms with Crippen LogP contribution in [0.4, 0.5) is 10.2 Å². The highest BCUT2D eigenvalue weighted by Crippen LogP contribution is 2.31. The van der Waals surface area contributed by atoms with Crippen LogP contribution in [0.3, 0.4) is 0 Å². The Hall–Kier alpha value is -2.53. The van der Waals surface area contributed by atoms with Crippen molar-refractivity contribution in [3.05, 3.63) is 53.7 Å². The predicted octanol–water partition coefficient (Wildman–Crippen LogP) is 3.55. The Bertz CT molecular complexity index is 901. The second kappa shape index (κ2) is 5.28. The van der Waals surface area contributed by atoms with Crippen molar-refractivity contribution >= 4 is 16.6 Å². The molecule has 0 saturated heterocycles. The molecule has 0 bridgehead atoms. The zero-order valence-corrected chi connectivity index (χ0v) is 13.3. The Morgan fingerprint density at radius 3 is 2.52 bits per heavy atom. The molecule has 0 saturated carbocycles. The van der Waals surface area contributed by atoms with Gasteiger partial charge in [0.2, 0.25) is 0 Å². The minimum atomic E-state index is -1.32. The third-order valence-electron chi connectivity index (χ3n) is 3.90. The molecule has 3 aromatic rings. The Balaban J connectivity index is 2.15. The van der Waals surface area contributed by atoms with Gasteiger partial charge >= 0.3 is 0 Å². The molecule has 0 fully saturated rings. The molecule has 2 heterocycles. The van der Waals surface area contributed by atoms with Crippen LogP contribution in [-0.2, 0) is 5.60 Å². The quantitative estimate of drug-likeness (QED) is 0.759. The molecule has 3 N–H and O–H groups in total. The first kappa shape index (κ1) is 15.4. The highest BCUT2D eigenvalue weighted by atomic mass is 19.1. The first-order chi connectivity index (χ1) is 10.8. The smallest absolute Gasteiger partial charge is 0.151 e. The van der Waals surface area contributed by atoms with E-state index < -0.39 is 11.4 Å². The number of anilines is 1. The van der Waals surface area contributed by atoms with Crippen molar-refractivity contribution in [3.8, 4) is 11.1 Å². The molecule has 0 spiro atoms. The number of hydrogen-bond acceptors (Lipinski definition) is 4. The summed E-state index contributed by atoms with van der Waals surface area (Å²) in [6.45, 7) is 4.72. The van der Waals surface area contributed by atoms with E-state index in [2.05, 4.69) is 9.97 Å². The van der Waals surface area contributed by atoms with Crippen LogP contribution in [0.5, 0.6) is 0 Å². The molecule has 2 aromatic heterocycles. The van der Waals surface area contributed by atoms with Crippen LogP contribution in [-0.4, -0.2) is 15.1 Å². The van der Waals surface area contributed by atoms with Gasteiger partial charge in [-0.25, -0.2) is 9.37 Å². The molecular formula is C18H18FN3O. The fourth-order valence-electron chi connectivity index (χ4n) is 2.62. The Morgan fingerprint density at radius 2 is 1.83 bits per heavy atom. The molecule has 0 aliphatic heterocycles. The summed E-state index contributed by atoms with van der Waals surface area (Å²) < 4.78 is 14.6. The Kier molecular flexibility index (Phi) is 3.53. The first-order valence-electron chi connectivity index (χ1n) is 7.31. The fraction of sp³-hybridized carbons (Fsp3) is 0.222. The fourth-order valence-corrected chi connectivity index (χ4v) is 2.62. The van der Waals surface area contributed by atoms with Gasteiger partial charge in [0.05, 0.1) is 0 Å². The molecule has 23 heavy (non-hydrogen) atoms. The standard InChI is InChI=1S/C18H18FN3O/c1-10-14(9-22-17(16(10)19)18(2,3)23)12-5-4-11-7-15(20)21-8-13(11)6-12/h4-9,23H,1-3H3,(H2,20,21). The van der Waals surface area contributed by atoms with Crippen molar-refractivity contribution in [1.82, 2.24) is 9.97 Å². The lowest BCUT2D eigenvalue weighted by Gasteiger charge is -2.19. The summed E-state index contributed by atoms with van der Waals surface area (Å²) in [4.78, 5) is 8.20. The minimum absolute atomic E-state index is 0.0500. The summed E-state index contributed by atoms with van der Waals surface area (Å²) in [6.07, 6.45) is 3.29. The Morgan fingerprint density at radius 1 is 1.09 bits per heavy atom. The van der Waals surface area contributed by atoms with E-state index in [1.807, 2.05) is 18.2 Å². The summed E-state index contributed by atoms with van der Waals surface area (Å²) in [5, 5.41) is 11.9. The number of nitrogen functional groups attached to an aromatic ring is 1. The number of halogens is 1. The van der Waals surface area contributed by atoms with Gasteiger partial charge in [-0.1, -0.05) is 12.1 Å². The van der Waals surface area contributed by atoms with Crippen LogP contribution in [0, 0.1) is 12.7 Å². The van der Waals surface area contributed by atoms with Gasteiger partial charge < -0.3 is 10.8 Å². The van der Waals surface area contributed by atoms with Crippen molar-refractivity contribution in [2.24, 2.45) is 0 Å². The number of aromatic nitrogens is 2. The van der Waals surface area contributed by atoms with Gasteiger partial charge in [0.25, 0.3) is 0 Å². The molecule has 4 nitrogen and oxygen atoms in total. The second-order valence-corrected chi connectivity index (χ2v) is 6.19. The molecule has 0 amide bonds. The van der Waals surface area contributed by atoms with Crippen LogP contribution in [0.15, 0.2) is 36.7 Å². The van der Waals surface area contributed by atoms with Crippen molar-refractivity contribution in [2.45, 2.75) is 26.4 Å². The third kappa shape index (κ3) is 2.75. The largest absolute Gasteiger partial charge is 0.384 e. The lowest BCUT2D eigenvalue weighted by molar-refractivity contribution is 0.0693. The average Bonchev–Trinajstić information content (AvgIpc) is 2.48. The van der Waals surface area contributed by atoms with Gasteiger partial charge in [0, 0.05) is 23.3 Å². The van der Waals surface area contributed by atoms with Gasteiger partial charge in [0.1, 0.15) is 17.1 Å². The first-order valence-corrected chi connectivity index (χ1v) is 7.31. The lowest BCUT2D eigenvalue weighted by Crippen LogP contribution is -2.20. The van der Waals surface area contributed by atoms with Crippen LogP contribution >= 0.6 is 0 Å². The number of hydrogen-bond donors (Lipinski definition) is 2. The van der Waals surface area contributed by atoms with Crippen LogP contribution in [0.25, 0.3) is 21.9 Å². The molecule has 0 unspecified atom stereocenters. The molecule has 118 valence electrons. The van der Waals surface area contributed by atoms with E-state index in [1.54, 1.807) is 25.4 Å². The van der Waals surface area contributed by atoms with Crippen LogP contribution in [0.2, 0.25) is 0 Å². The highest BCUT2D eigenvalue weighted by Gasteiger charge is 2.25. The minimum Gasteiger partial charge on any atom is -0.384 e. The number of fused-ring (bicyclic) bond motifs is 1. The van der Waals surface area contributed by atoms with Gasteiger partial charge in [-0.3, -0.25) is 4.98 Å². The van der Waals surface area contributed by atoms with E-state index in [4.69, 9.17) is 5.73 Å². The molecule has 5 heteroatoms. The van der Waals surface area contributed by atoms with Crippen molar-refractivity contribution in [3.63, 3.8) is 0 Å². The van der Waals surface area contributed by atoms with E-state index in [-0.39, 0.29) is 5.69 Å². The normalized spacial score (nSPS) is 11.9. The van der Waals surface area contributed by atoms with E-state index in [1.165, 1.54) is 13.8 Å². The van der Waals surface area contributed by atoms with Gasteiger partial charge in [-0.05, 0) is 49.4 Å². The highest BCUT2D eigenvalue weighted by molar-refractivity contribution is 5.88. The summed E-state index contributed by atoms with van der Waals surface area (Å²) in [5.74, 6) is -0.0193. The SMILES string of the molecule is Cc1c(-c2ccc3cc(N)ncc3c2)cnc(C(C)(C)O)c1F. The number of pyridine rings is 2. The molecule has 3 rings (SSSR count). The number of benzene rings is 1. The monoisotopic (exact) mass is 311 g/mol. The summed E-state index contributed by atoms with van der Waals surface area (Å²) in [7, 11) is 0. The van der Waals surface area contributed by atoms with Crippen LogP contribution < -0.4 is 5.73 Å². The maximum Gasteiger partial charge on any atom is 0.151 e. The summed E-state index contributed by atoms with van der Waals surface area (Å²) in [6, 6.07) is 7.54. The second-order valence-electron chi connectivity index (χ2n) is 6.19. The molecular weight excluding hydrogens is 293 g/mol. The van der Waals surface area contributed by atoms with Crippen LogP contribution in [0.1, 0.15) is 25.1 Å². The number of nitrogens with two attached hydrogens (primary N) is 1. The summed E-state index contributed by atoms with van der Waals surface area (Å²) >= 11 is 0. The van der Waals surface area contributed by atoms with E-state index in [0.29, 0.717) is 16.9 Å². The number of rotatable bonds is 2. The molecule has 0 aliphatic rings. The topological polar surface area (TPSA) is 72.0 Å².